The molecule has 1 saturated heterocycles. The van der Waals surface area contributed by atoms with Crippen LogP contribution >= 0.6 is 15.9 Å². The molecule has 0 amide bonds. The highest BCUT2D eigenvalue weighted by atomic mass is 79.9. The molecule has 1 heterocycles. The van der Waals surface area contributed by atoms with Crippen molar-refractivity contribution in [2.75, 3.05) is 20.2 Å². The van der Waals surface area contributed by atoms with E-state index in [1.807, 2.05) is 6.07 Å². The second-order valence-corrected chi connectivity index (χ2v) is 7.42. The summed E-state index contributed by atoms with van der Waals surface area (Å²) in [6.07, 6.45) is 2.47. The fraction of sp³-hybridized carbons (Fsp3) is 0.647. The van der Waals surface area contributed by atoms with Crippen molar-refractivity contribution in [1.82, 2.24) is 10.2 Å². The van der Waals surface area contributed by atoms with Gasteiger partial charge < -0.3 is 10.1 Å². The van der Waals surface area contributed by atoms with Gasteiger partial charge in [0.2, 0.25) is 0 Å². The van der Waals surface area contributed by atoms with Crippen LogP contribution in [-0.4, -0.2) is 36.7 Å². The van der Waals surface area contributed by atoms with Crippen LogP contribution in [-0.2, 0) is 6.54 Å². The van der Waals surface area contributed by atoms with Gasteiger partial charge in [0.05, 0.1) is 7.11 Å². The van der Waals surface area contributed by atoms with Gasteiger partial charge in [0.1, 0.15) is 5.75 Å². The number of hydrogen-bond acceptors (Lipinski definition) is 3. The molecule has 1 aromatic carbocycles. The van der Waals surface area contributed by atoms with Crippen molar-refractivity contribution in [2.45, 2.75) is 51.7 Å². The van der Waals surface area contributed by atoms with Crippen LogP contribution in [0.4, 0.5) is 0 Å². The van der Waals surface area contributed by atoms with Crippen molar-refractivity contribution in [2.24, 2.45) is 0 Å². The first-order chi connectivity index (χ1) is 9.95. The maximum atomic E-state index is 5.36. The number of hydrogen-bond donors (Lipinski definition) is 1. The monoisotopic (exact) mass is 354 g/mol. The summed E-state index contributed by atoms with van der Waals surface area (Å²) < 4.78 is 6.52. The van der Waals surface area contributed by atoms with E-state index in [1.54, 1.807) is 7.11 Å². The molecule has 1 fully saturated rings. The van der Waals surface area contributed by atoms with Crippen molar-refractivity contribution in [3.05, 3.63) is 28.2 Å². The standard InChI is InChI=1S/C17H27BrN2O/c1-5-6-14-10-19-17(2,3)12-20(14)11-13-9-15(21-4)7-8-16(13)18/h7-9,14,19H,5-6,10-12H2,1-4H3. The van der Waals surface area contributed by atoms with Gasteiger partial charge in [-0.2, -0.15) is 0 Å². The third-order valence-electron chi connectivity index (χ3n) is 4.18. The first-order valence-corrected chi connectivity index (χ1v) is 8.56. The number of nitrogens with zero attached hydrogens (tertiary/aromatic N) is 1. The average Bonchev–Trinajstić information content (AvgIpc) is 2.44. The number of halogens is 1. The Hall–Kier alpha value is -0.580. The zero-order valence-corrected chi connectivity index (χ0v) is 15.2. The Morgan fingerprint density at radius 3 is 2.86 bits per heavy atom. The van der Waals surface area contributed by atoms with E-state index in [9.17, 15) is 0 Å². The number of benzene rings is 1. The van der Waals surface area contributed by atoms with Crippen molar-refractivity contribution >= 4 is 15.9 Å². The SMILES string of the molecule is CCCC1CNC(C)(C)CN1Cc1cc(OC)ccc1Br. The summed E-state index contributed by atoms with van der Waals surface area (Å²) in [7, 11) is 1.72. The molecule has 0 aliphatic carbocycles. The summed E-state index contributed by atoms with van der Waals surface area (Å²) in [5.74, 6) is 0.926. The number of rotatable bonds is 5. The topological polar surface area (TPSA) is 24.5 Å². The zero-order chi connectivity index (χ0) is 15.5. The lowest BCUT2D eigenvalue weighted by atomic mass is 9.96. The molecule has 0 saturated carbocycles. The van der Waals surface area contributed by atoms with Crippen molar-refractivity contribution in [3.8, 4) is 5.75 Å². The minimum atomic E-state index is 0.176. The van der Waals surface area contributed by atoms with Gasteiger partial charge in [-0.15, -0.1) is 0 Å². The van der Waals surface area contributed by atoms with Gasteiger partial charge >= 0.3 is 0 Å². The van der Waals surface area contributed by atoms with Crippen LogP contribution in [0.3, 0.4) is 0 Å². The molecule has 1 aliphatic rings. The molecule has 118 valence electrons. The largest absolute Gasteiger partial charge is 0.497 e. The van der Waals surface area contributed by atoms with Crippen LogP contribution in [0.25, 0.3) is 0 Å². The summed E-state index contributed by atoms with van der Waals surface area (Å²) in [5, 5.41) is 3.67. The molecule has 0 aromatic heterocycles. The molecule has 21 heavy (non-hydrogen) atoms. The smallest absolute Gasteiger partial charge is 0.119 e. The Bertz CT molecular complexity index is 476. The van der Waals surface area contributed by atoms with Crippen molar-refractivity contribution < 1.29 is 4.74 Å². The highest BCUT2D eigenvalue weighted by Gasteiger charge is 2.32. The highest BCUT2D eigenvalue weighted by Crippen LogP contribution is 2.27. The predicted octanol–water partition coefficient (Wildman–Crippen LogP) is 3.81. The fourth-order valence-corrected chi connectivity index (χ4v) is 3.41. The van der Waals surface area contributed by atoms with Gasteiger partial charge in [-0.1, -0.05) is 29.3 Å². The Kier molecular flexibility index (Phi) is 5.69. The second-order valence-electron chi connectivity index (χ2n) is 6.57. The highest BCUT2D eigenvalue weighted by molar-refractivity contribution is 9.10. The van der Waals surface area contributed by atoms with Crippen LogP contribution in [0.1, 0.15) is 39.2 Å². The molecule has 1 atom stereocenters. The van der Waals surface area contributed by atoms with Crippen LogP contribution in [0.2, 0.25) is 0 Å². The van der Waals surface area contributed by atoms with E-state index in [0.29, 0.717) is 6.04 Å². The maximum Gasteiger partial charge on any atom is 0.119 e. The molecule has 0 radical (unpaired) electrons. The Morgan fingerprint density at radius 1 is 1.43 bits per heavy atom. The molecule has 0 spiro atoms. The van der Waals surface area contributed by atoms with E-state index >= 15 is 0 Å². The molecule has 2 rings (SSSR count). The maximum absolute atomic E-state index is 5.36. The van der Waals surface area contributed by atoms with E-state index in [2.05, 4.69) is 59.1 Å². The van der Waals surface area contributed by atoms with Gasteiger partial charge in [-0.3, -0.25) is 4.90 Å². The molecule has 1 N–H and O–H groups in total. The van der Waals surface area contributed by atoms with Crippen LogP contribution in [0.15, 0.2) is 22.7 Å². The number of ether oxygens (including phenoxy) is 1. The first kappa shape index (κ1) is 16.8. The molecular weight excluding hydrogens is 328 g/mol. The summed E-state index contributed by atoms with van der Waals surface area (Å²) in [4.78, 5) is 2.61. The Labute approximate surface area is 137 Å². The third kappa shape index (κ3) is 4.44. The number of piperazine rings is 1. The van der Waals surface area contributed by atoms with Gasteiger partial charge in [0.15, 0.2) is 0 Å². The minimum Gasteiger partial charge on any atom is -0.497 e. The zero-order valence-electron chi connectivity index (χ0n) is 13.6. The van der Waals surface area contributed by atoms with E-state index in [0.717, 1.165) is 29.9 Å². The van der Waals surface area contributed by atoms with E-state index < -0.39 is 0 Å². The summed E-state index contributed by atoms with van der Waals surface area (Å²) in [5.41, 5.74) is 1.48. The van der Waals surface area contributed by atoms with Gasteiger partial charge in [0.25, 0.3) is 0 Å². The lowest BCUT2D eigenvalue weighted by Gasteiger charge is -2.45. The van der Waals surface area contributed by atoms with Crippen LogP contribution < -0.4 is 10.1 Å². The van der Waals surface area contributed by atoms with E-state index in [1.165, 1.54) is 18.4 Å². The minimum absolute atomic E-state index is 0.176. The molecule has 3 nitrogen and oxygen atoms in total. The normalized spacial score (nSPS) is 22.2. The first-order valence-electron chi connectivity index (χ1n) is 7.76. The number of nitrogens with one attached hydrogen (secondary N) is 1. The van der Waals surface area contributed by atoms with Crippen LogP contribution in [0, 0.1) is 0 Å². The molecule has 4 heteroatoms. The predicted molar refractivity (Wildman–Crippen MR) is 91.9 cm³/mol. The van der Waals surface area contributed by atoms with E-state index in [4.69, 9.17) is 4.74 Å². The fourth-order valence-electron chi connectivity index (χ4n) is 3.04. The second kappa shape index (κ2) is 7.12. The molecule has 1 aliphatic heterocycles. The lowest BCUT2D eigenvalue weighted by molar-refractivity contribution is 0.0824. The summed E-state index contributed by atoms with van der Waals surface area (Å²) >= 11 is 3.68. The van der Waals surface area contributed by atoms with Crippen molar-refractivity contribution in [3.63, 3.8) is 0 Å². The van der Waals surface area contributed by atoms with Crippen molar-refractivity contribution in [1.29, 1.82) is 0 Å². The summed E-state index contributed by atoms with van der Waals surface area (Å²) in [6, 6.07) is 6.83. The molecule has 1 unspecified atom stereocenters. The van der Waals surface area contributed by atoms with Gasteiger partial charge in [-0.05, 0) is 44.0 Å². The summed E-state index contributed by atoms with van der Waals surface area (Å²) in [6.45, 7) is 9.93. The molecule has 0 bridgehead atoms. The molecule has 1 aromatic rings. The number of methoxy groups -OCH3 is 1. The van der Waals surface area contributed by atoms with Gasteiger partial charge in [0, 0.05) is 35.7 Å². The third-order valence-corrected chi connectivity index (χ3v) is 4.95. The molecular formula is C17H27BrN2O. The lowest BCUT2D eigenvalue weighted by Crippen LogP contribution is -2.61. The average molecular weight is 355 g/mol. The van der Waals surface area contributed by atoms with E-state index in [-0.39, 0.29) is 5.54 Å². The van der Waals surface area contributed by atoms with Gasteiger partial charge in [-0.25, -0.2) is 0 Å². The van der Waals surface area contributed by atoms with Crippen LogP contribution in [0.5, 0.6) is 5.75 Å². The quantitative estimate of drug-likeness (QED) is 0.869. The Balaban J connectivity index is 2.17. The Morgan fingerprint density at radius 2 is 2.19 bits per heavy atom.